The summed E-state index contributed by atoms with van der Waals surface area (Å²) in [7, 11) is 1.94. The number of nitrogens with one attached hydrogen (secondary N) is 1. The monoisotopic (exact) mass is 333 g/mol. The number of halogens is 1. The highest BCUT2D eigenvalue weighted by Crippen LogP contribution is 2.29. The molecule has 2 atom stereocenters. The number of aromatic nitrogens is 2. The molecule has 0 saturated heterocycles. The van der Waals surface area contributed by atoms with E-state index in [1.54, 1.807) is 19.1 Å². The van der Waals surface area contributed by atoms with E-state index in [0.29, 0.717) is 10.8 Å². The smallest absolute Gasteiger partial charge is 0.261 e. The predicted octanol–water partition coefficient (Wildman–Crippen LogP) is 3.03. The summed E-state index contributed by atoms with van der Waals surface area (Å²) in [5.41, 5.74) is 2.30. The topological polar surface area (TPSA) is 56.1 Å². The molecule has 2 aromatic rings. The van der Waals surface area contributed by atoms with Crippen molar-refractivity contribution in [1.29, 1.82) is 0 Å². The van der Waals surface area contributed by atoms with E-state index in [2.05, 4.69) is 10.4 Å². The molecule has 1 aromatic carbocycles. The zero-order valence-corrected chi connectivity index (χ0v) is 14.0. The van der Waals surface area contributed by atoms with Gasteiger partial charge in [0.15, 0.2) is 6.10 Å². The number of fused-ring (bicyclic) bond motifs is 1. The van der Waals surface area contributed by atoms with Crippen molar-refractivity contribution in [2.75, 3.05) is 0 Å². The van der Waals surface area contributed by atoms with Crippen molar-refractivity contribution in [1.82, 2.24) is 15.1 Å². The van der Waals surface area contributed by atoms with Crippen molar-refractivity contribution in [3.8, 4) is 5.75 Å². The van der Waals surface area contributed by atoms with Gasteiger partial charge in [-0.1, -0.05) is 23.7 Å². The van der Waals surface area contributed by atoms with E-state index in [1.165, 1.54) is 5.69 Å². The highest BCUT2D eigenvalue weighted by molar-refractivity contribution is 6.32. The molecule has 1 N–H and O–H groups in total. The first-order valence-corrected chi connectivity index (χ1v) is 8.16. The number of benzene rings is 1. The highest BCUT2D eigenvalue weighted by Gasteiger charge is 2.27. The fraction of sp³-hybridized carbons (Fsp3) is 0.412. The Bertz CT molecular complexity index is 714. The van der Waals surface area contributed by atoms with Crippen molar-refractivity contribution in [3.63, 3.8) is 0 Å². The fourth-order valence-corrected chi connectivity index (χ4v) is 3.11. The number of para-hydroxylation sites is 1. The third kappa shape index (κ3) is 3.34. The molecule has 0 saturated carbocycles. The molecule has 1 heterocycles. The van der Waals surface area contributed by atoms with Gasteiger partial charge in [0.1, 0.15) is 5.75 Å². The van der Waals surface area contributed by atoms with Crippen LogP contribution in [0.4, 0.5) is 0 Å². The lowest BCUT2D eigenvalue weighted by atomic mass is 9.93. The van der Waals surface area contributed by atoms with Crippen LogP contribution in [-0.2, 0) is 18.3 Å². The first-order valence-electron chi connectivity index (χ1n) is 7.78. The summed E-state index contributed by atoms with van der Waals surface area (Å²) in [5.74, 6) is 0.370. The molecule has 5 nitrogen and oxygen atoms in total. The molecule has 6 heteroatoms. The number of hydrogen-bond acceptors (Lipinski definition) is 3. The zero-order chi connectivity index (χ0) is 16.4. The molecule has 1 amide bonds. The average Bonchev–Trinajstić information content (AvgIpc) is 2.92. The van der Waals surface area contributed by atoms with Crippen LogP contribution < -0.4 is 10.1 Å². The van der Waals surface area contributed by atoms with E-state index in [1.807, 2.05) is 30.1 Å². The number of rotatable bonds is 4. The minimum Gasteiger partial charge on any atom is -0.479 e. The van der Waals surface area contributed by atoms with Gasteiger partial charge in [-0.3, -0.25) is 9.48 Å². The molecular formula is C17H20ClN3O2. The second-order valence-corrected chi connectivity index (χ2v) is 6.22. The van der Waals surface area contributed by atoms with Gasteiger partial charge in [-0.15, -0.1) is 0 Å². The van der Waals surface area contributed by atoms with Gasteiger partial charge in [0.05, 0.1) is 17.3 Å². The predicted molar refractivity (Wildman–Crippen MR) is 88.6 cm³/mol. The number of amides is 1. The largest absolute Gasteiger partial charge is 0.479 e. The maximum atomic E-state index is 12.4. The second-order valence-electron chi connectivity index (χ2n) is 5.81. The summed E-state index contributed by atoms with van der Waals surface area (Å²) in [6.07, 6.45) is 4.19. The highest BCUT2D eigenvalue weighted by atomic mass is 35.5. The van der Waals surface area contributed by atoms with Crippen molar-refractivity contribution in [3.05, 3.63) is 46.7 Å². The van der Waals surface area contributed by atoms with E-state index in [9.17, 15) is 4.79 Å². The van der Waals surface area contributed by atoms with Gasteiger partial charge in [0.25, 0.3) is 5.91 Å². The van der Waals surface area contributed by atoms with Gasteiger partial charge in [-0.25, -0.2) is 0 Å². The summed E-state index contributed by atoms with van der Waals surface area (Å²) < 4.78 is 7.56. The number of hydrogen-bond donors (Lipinski definition) is 1. The number of ether oxygens (including phenoxy) is 1. The Morgan fingerprint density at radius 1 is 1.48 bits per heavy atom. The quantitative estimate of drug-likeness (QED) is 0.935. The lowest BCUT2D eigenvalue weighted by molar-refractivity contribution is -0.128. The molecule has 0 radical (unpaired) electrons. The molecule has 23 heavy (non-hydrogen) atoms. The van der Waals surface area contributed by atoms with Crippen LogP contribution in [-0.4, -0.2) is 21.8 Å². The van der Waals surface area contributed by atoms with Gasteiger partial charge in [0, 0.05) is 18.3 Å². The van der Waals surface area contributed by atoms with Crippen LogP contribution in [0.5, 0.6) is 5.75 Å². The Labute approximate surface area is 140 Å². The molecule has 0 bridgehead atoms. The van der Waals surface area contributed by atoms with Crippen molar-refractivity contribution >= 4 is 17.5 Å². The molecule has 0 fully saturated rings. The van der Waals surface area contributed by atoms with Crippen molar-refractivity contribution in [2.45, 2.75) is 38.3 Å². The summed E-state index contributed by atoms with van der Waals surface area (Å²) in [6, 6.07) is 7.15. The molecule has 3 rings (SSSR count). The molecule has 122 valence electrons. The maximum absolute atomic E-state index is 12.4. The third-order valence-electron chi connectivity index (χ3n) is 4.20. The Kier molecular flexibility index (Phi) is 4.57. The van der Waals surface area contributed by atoms with E-state index >= 15 is 0 Å². The van der Waals surface area contributed by atoms with Crippen molar-refractivity contribution < 1.29 is 9.53 Å². The van der Waals surface area contributed by atoms with Crippen LogP contribution >= 0.6 is 11.6 Å². The minimum absolute atomic E-state index is 0.00255. The van der Waals surface area contributed by atoms with Gasteiger partial charge in [-0.05, 0) is 38.3 Å². The Morgan fingerprint density at radius 2 is 2.26 bits per heavy atom. The lowest BCUT2D eigenvalue weighted by Gasteiger charge is -2.25. The van der Waals surface area contributed by atoms with E-state index in [-0.39, 0.29) is 11.9 Å². The number of aryl methyl sites for hydroxylation is 1. The summed E-state index contributed by atoms with van der Waals surface area (Å²) in [6.45, 7) is 1.73. The SMILES string of the molecule is C[C@@H](Oc1ccccc1Cl)C(=O)N[C@@H]1CCCc2c1cnn2C. The number of carbonyl (C=O) groups excluding carboxylic acids is 1. The van der Waals surface area contributed by atoms with E-state index in [4.69, 9.17) is 16.3 Å². The number of nitrogens with zero attached hydrogens (tertiary/aromatic N) is 2. The van der Waals surface area contributed by atoms with E-state index < -0.39 is 6.10 Å². The standard InChI is InChI=1S/C17H20ClN3O2/c1-11(23-16-9-4-3-6-13(16)18)17(22)20-14-7-5-8-15-12(14)10-19-21(15)2/h3-4,6,9-11,14H,5,7-8H2,1-2H3,(H,20,22)/t11-,14-/m1/s1. The van der Waals surface area contributed by atoms with Gasteiger partial charge >= 0.3 is 0 Å². The summed E-state index contributed by atoms with van der Waals surface area (Å²) in [4.78, 5) is 12.4. The van der Waals surface area contributed by atoms with Gasteiger partial charge < -0.3 is 10.1 Å². The molecule has 1 aliphatic carbocycles. The number of carbonyl (C=O) groups is 1. The molecule has 0 unspecified atom stereocenters. The summed E-state index contributed by atoms with van der Waals surface area (Å²) in [5, 5.41) is 7.86. The first-order chi connectivity index (χ1) is 11.1. The first kappa shape index (κ1) is 15.9. The van der Waals surface area contributed by atoms with Crippen LogP contribution in [0.1, 0.15) is 37.1 Å². The van der Waals surface area contributed by atoms with Crippen LogP contribution in [0.15, 0.2) is 30.5 Å². The Morgan fingerprint density at radius 3 is 3.04 bits per heavy atom. The van der Waals surface area contributed by atoms with Crippen molar-refractivity contribution in [2.24, 2.45) is 7.05 Å². The van der Waals surface area contributed by atoms with Crippen LogP contribution in [0.25, 0.3) is 0 Å². The fourth-order valence-electron chi connectivity index (χ4n) is 2.93. The maximum Gasteiger partial charge on any atom is 0.261 e. The molecule has 0 spiro atoms. The third-order valence-corrected chi connectivity index (χ3v) is 4.51. The van der Waals surface area contributed by atoms with E-state index in [0.717, 1.165) is 24.8 Å². The molecule has 0 aliphatic heterocycles. The molecular weight excluding hydrogens is 314 g/mol. The average molecular weight is 334 g/mol. The zero-order valence-electron chi connectivity index (χ0n) is 13.3. The van der Waals surface area contributed by atoms with Gasteiger partial charge in [-0.2, -0.15) is 5.10 Å². The van der Waals surface area contributed by atoms with Gasteiger partial charge in [0.2, 0.25) is 0 Å². The normalized spacial score (nSPS) is 18.1. The minimum atomic E-state index is -0.614. The Hall–Kier alpha value is -2.01. The van der Waals surface area contributed by atoms with Crippen LogP contribution in [0.2, 0.25) is 5.02 Å². The van der Waals surface area contributed by atoms with Crippen LogP contribution in [0.3, 0.4) is 0 Å². The molecule has 1 aromatic heterocycles. The molecule has 1 aliphatic rings. The summed E-state index contributed by atoms with van der Waals surface area (Å²) >= 11 is 6.07. The Balaban J connectivity index is 1.67. The van der Waals surface area contributed by atoms with Crippen LogP contribution in [0, 0.1) is 0 Å². The second kappa shape index (κ2) is 6.62. The lowest BCUT2D eigenvalue weighted by Crippen LogP contribution is -2.39.